The minimum absolute atomic E-state index is 0.0783. The lowest BCUT2D eigenvalue weighted by molar-refractivity contribution is 0.611. The molecule has 4 heteroatoms. The molecule has 1 N–H and O–H groups in total. The van der Waals surface area contributed by atoms with Crippen molar-refractivity contribution in [1.29, 1.82) is 0 Å². The summed E-state index contributed by atoms with van der Waals surface area (Å²) in [4.78, 5) is 0. The molecule has 0 saturated carbocycles. The summed E-state index contributed by atoms with van der Waals surface area (Å²) in [7, 11) is 1.83. The van der Waals surface area contributed by atoms with Gasteiger partial charge in [0.2, 0.25) is 0 Å². The summed E-state index contributed by atoms with van der Waals surface area (Å²) in [5, 5.41) is 3.08. The molecule has 1 unspecified atom stereocenters. The third-order valence-electron chi connectivity index (χ3n) is 3.14. The van der Waals surface area contributed by atoms with Gasteiger partial charge in [0.15, 0.2) is 0 Å². The topological polar surface area (TPSA) is 12.0 Å². The quantitative estimate of drug-likeness (QED) is 0.864. The summed E-state index contributed by atoms with van der Waals surface area (Å²) in [6, 6.07) is 9.34. The Bertz CT molecular complexity index is 599. The Morgan fingerprint density at radius 3 is 2.21 bits per heavy atom. The van der Waals surface area contributed by atoms with Gasteiger partial charge >= 0.3 is 0 Å². The minimum atomic E-state index is -0.434. The first-order valence-corrected chi connectivity index (χ1v) is 6.74. The van der Waals surface area contributed by atoms with Crippen molar-refractivity contribution < 1.29 is 8.78 Å². The van der Waals surface area contributed by atoms with Crippen LogP contribution >= 0.6 is 15.9 Å². The molecule has 0 fully saturated rings. The van der Waals surface area contributed by atoms with Crippen molar-refractivity contribution >= 4 is 15.9 Å². The zero-order chi connectivity index (χ0) is 14.0. The molecule has 2 aromatic carbocycles. The van der Waals surface area contributed by atoms with E-state index in [2.05, 4.69) is 21.2 Å². The van der Waals surface area contributed by atoms with Crippen molar-refractivity contribution in [3.8, 4) is 11.1 Å². The first-order valence-electron chi connectivity index (χ1n) is 5.95. The van der Waals surface area contributed by atoms with Crippen molar-refractivity contribution in [1.82, 2.24) is 5.32 Å². The van der Waals surface area contributed by atoms with E-state index >= 15 is 0 Å². The van der Waals surface area contributed by atoms with Gasteiger partial charge in [-0.1, -0.05) is 22.0 Å². The van der Waals surface area contributed by atoms with Crippen molar-refractivity contribution in [2.45, 2.75) is 13.0 Å². The monoisotopic (exact) mass is 325 g/mol. The molecule has 0 saturated heterocycles. The first kappa shape index (κ1) is 14.2. The number of halogens is 3. The molecule has 0 bridgehead atoms. The molecule has 0 amide bonds. The van der Waals surface area contributed by atoms with Gasteiger partial charge < -0.3 is 5.32 Å². The van der Waals surface area contributed by atoms with Gasteiger partial charge in [0, 0.05) is 21.6 Å². The van der Waals surface area contributed by atoms with Crippen LogP contribution in [-0.4, -0.2) is 7.05 Å². The van der Waals surface area contributed by atoms with Crippen molar-refractivity contribution in [2.75, 3.05) is 7.05 Å². The van der Waals surface area contributed by atoms with Crippen LogP contribution in [0.1, 0.15) is 18.5 Å². The molecular weight excluding hydrogens is 312 g/mol. The zero-order valence-corrected chi connectivity index (χ0v) is 12.3. The largest absolute Gasteiger partial charge is 0.313 e. The average molecular weight is 326 g/mol. The predicted molar refractivity (Wildman–Crippen MR) is 77.0 cm³/mol. The highest BCUT2D eigenvalue weighted by molar-refractivity contribution is 9.10. The Kier molecular flexibility index (Phi) is 4.32. The van der Waals surface area contributed by atoms with E-state index in [-0.39, 0.29) is 17.2 Å². The Balaban J connectivity index is 2.57. The molecule has 2 aromatic rings. The van der Waals surface area contributed by atoms with Crippen LogP contribution < -0.4 is 5.32 Å². The van der Waals surface area contributed by atoms with E-state index in [0.29, 0.717) is 0 Å². The van der Waals surface area contributed by atoms with Crippen LogP contribution in [0.4, 0.5) is 8.78 Å². The van der Waals surface area contributed by atoms with E-state index in [0.717, 1.165) is 10.0 Å². The summed E-state index contributed by atoms with van der Waals surface area (Å²) in [5.41, 5.74) is 1.45. The highest BCUT2D eigenvalue weighted by Crippen LogP contribution is 2.30. The Hall–Kier alpha value is -1.26. The van der Waals surface area contributed by atoms with Crippen molar-refractivity contribution in [3.63, 3.8) is 0 Å². The van der Waals surface area contributed by atoms with E-state index in [4.69, 9.17) is 0 Å². The second-order valence-electron chi connectivity index (χ2n) is 4.37. The van der Waals surface area contributed by atoms with Crippen LogP contribution in [-0.2, 0) is 0 Å². The van der Waals surface area contributed by atoms with E-state index in [1.54, 1.807) is 24.3 Å². The van der Waals surface area contributed by atoms with Crippen LogP contribution in [0.3, 0.4) is 0 Å². The van der Waals surface area contributed by atoms with Gasteiger partial charge in [-0.05, 0) is 49.9 Å². The predicted octanol–water partition coefficient (Wildman–Crippen LogP) is 4.67. The summed E-state index contributed by atoms with van der Waals surface area (Å²) >= 11 is 3.28. The average Bonchev–Trinajstić information content (AvgIpc) is 2.41. The highest BCUT2D eigenvalue weighted by atomic mass is 79.9. The lowest BCUT2D eigenvalue weighted by Crippen LogP contribution is -2.12. The molecule has 19 heavy (non-hydrogen) atoms. The van der Waals surface area contributed by atoms with Crippen LogP contribution in [0.2, 0.25) is 0 Å². The maximum atomic E-state index is 13.9. The zero-order valence-electron chi connectivity index (χ0n) is 10.7. The van der Waals surface area contributed by atoms with E-state index in [1.165, 1.54) is 12.1 Å². The minimum Gasteiger partial charge on any atom is -0.313 e. The standard InChI is InChI=1S/C15H14BrF2N/c1-9(19-2)10-3-5-14(17)12(7-10)13-8-11(16)4-6-15(13)18/h3-9,19H,1-2H3. The van der Waals surface area contributed by atoms with Crippen LogP contribution in [0.15, 0.2) is 40.9 Å². The fourth-order valence-electron chi connectivity index (χ4n) is 1.89. The summed E-state index contributed by atoms with van der Waals surface area (Å²) < 4.78 is 28.5. The van der Waals surface area contributed by atoms with E-state index < -0.39 is 11.6 Å². The number of hydrogen-bond donors (Lipinski definition) is 1. The maximum absolute atomic E-state index is 13.9. The van der Waals surface area contributed by atoms with Gasteiger partial charge in [0.25, 0.3) is 0 Å². The molecule has 1 nitrogen and oxygen atoms in total. The Labute approximate surface area is 119 Å². The smallest absolute Gasteiger partial charge is 0.131 e. The van der Waals surface area contributed by atoms with E-state index in [1.807, 2.05) is 14.0 Å². The molecule has 0 radical (unpaired) electrons. The van der Waals surface area contributed by atoms with Crippen LogP contribution in [0.5, 0.6) is 0 Å². The molecule has 100 valence electrons. The molecule has 0 aliphatic heterocycles. The van der Waals surface area contributed by atoms with Gasteiger partial charge in [-0.15, -0.1) is 0 Å². The fourth-order valence-corrected chi connectivity index (χ4v) is 2.25. The number of rotatable bonds is 3. The number of hydrogen-bond acceptors (Lipinski definition) is 1. The molecule has 1 atom stereocenters. The van der Waals surface area contributed by atoms with Gasteiger partial charge in [0.05, 0.1) is 0 Å². The van der Waals surface area contributed by atoms with Crippen molar-refractivity contribution in [2.24, 2.45) is 0 Å². The lowest BCUT2D eigenvalue weighted by Gasteiger charge is -2.13. The van der Waals surface area contributed by atoms with Crippen molar-refractivity contribution in [3.05, 3.63) is 58.1 Å². The molecule has 2 rings (SSSR count). The van der Waals surface area contributed by atoms with Crippen LogP contribution in [0.25, 0.3) is 11.1 Å². The van der Waals surface area contributed by atoms with Gasteiger partial charge in [-0.25, -0.2) is 8.78 Å². The molecule has 0 heterocycles. The SMILES string of the molecule is CNC(C)c1ccc(F)c(-c2cc(Br)ccc2F)c1. The van der Waals surface area contributed by atoms with Gasteiger partial charge in [-0.3, -0.25) is 0 Å². The molecule has 0 aromatic heterocycles. The fraction of sp³-hybridized carbons (Fsp3) is 0.200. The third-order valence-corrected chi connectivity index (χ3v) is 3.64. The second-order valence-corrected chi connectivity index (χ2v) is 5.29. The number of nitrogens with one attached hydrogen (secondary N) is 1. The summed E-state index contributed by atoms with van der Waals surface area (Å²) in [6.07, 6.45) is 0. The number of benzene rings is 2. The van der Waals surface area contributed by atoms with Gasteiger partial charge in [-0.2, -0.15) is 0 Å². The Morgan fingerprint density at radius 2 is 1.58 bits per heavy atom. The first-order chi connectivity index (χ1) is 9.02. The normalized spacial score (nSPS) is 12.5. The summed E-state index contributed by atoms with van der Waals surface area (Å²) in [6.45, 7) is 1.97. The molecule has 0 aliphatic rings. The molecule has 0 aliphatic carbocycles. The summed E-state index contributed by atoms with van der Waals surface area (Å²) in [5.74, 6) is -0.861. The van der Waals surface area contributed by atoms with E-state index in [9.17, 15) is 8.78 Å². The van der Waals surface area contributed by atoms with Crippen LogP contribution in [0, 0.1) is 11.6 Å². The molecule has 0 spiro atoms. The van der Waals surface area contributed by atoms with Gasteiger partial charge in [0.1, 0.15) is 11.6 Å². The highest BCUT2D eigenvalue weighted by Gasteiger charge is 2.13. The lowest BCUT2D eigenvalue weighted by atomic mass is 9.99. The Morgan fingerprint density at radius 1 is 1.00 bits per heavy atom. The third kappa shape index (κ3) is 3.01. The maximum Gasteiger partial charge on any atom is 0.131 e. The molecular formula is C15H14BrF2N. The second kappa shape index (κ2) is 5.80.